The van der Waals surface area contributed by atoms with Crippen LogP contribution in [0.2, 0.25) is 0 Å². The van der Waals surface area contributed by atoms with Gasteiger partial charge in [0.15, 0.2) is 6.61 Å². The number of Topliss-reactive ketones (excluding diaryl/α,β-unsaturated/α-hetero) is 1. The molecule has 0 aromatic carbocycles. The van der Waals surface area contributed by atoms with E-state index in [1.807, 2.05) is 13.8 Å². The van der Waals surface area contributed by atoms with Gasteiger partial charge < -0.3 is 10.5 Å². The minimum atomic E-state index is -0.880. The van der Waals surface area contributed by atoms with Crippen molar-refractivity contribution in [3.05, 3.63) is 26.4 Å². The second kappa shape index (κ2) is 7.98. The molecule has 1 aromatic heterocycles. The van der Waals surface area contributed by atoms with E-state index in [9.17, 15) is 24.0 Å². The third kappa shape index (κ3) is 4.30. The highest BCUT2D eigenvalue weighted by atomic mass is 16.5. The van der Waals surface area contributed by atoms with E-state index in [0.717, 1.165) is 9.13 Å². The molecule has 0 spiro atoms. The van der Waals surface area contributed by atoms with Gasteiger partial charge in [0.2, 0.25) is 11.7 Å². The molecule has 146 valence electrons. The second-order valence-electron chi connectivity index (χ2n) is 6.50. The highest BCUT2D eigenvalue weighted by Gasteiger charge is 2.25. The van der Waals surface area contributed by atoms with Gasteiger partial charge in [-0.05, 0) is 5.92 Å². The molecule has 0 fully saturated rings. The van der Waals surface area contributed by atoms with Gasteiger partial charge in [0.1, 0.15) is 17.1 Å². The highest BCUT2D eigenvalue weighted by molar-refractivity contribution is 6.37. The lowest BCUT2D eigenvalue weighted by molar-refractivity contribution is -0.134. The van der Waals surface area contributed by atoms with Gasteiger partial charge >= 0.3 is 11.7 Å². The first-order valence-electron chi connectivity index (χ1n) is 8.28. The molecule has 27 heavy (non-hydrogen) atoms. The number of anilines is 1. The number of amides is 1. The first-order valence-corrected chi connectivity index (χ1v) is 8.28. The van der Waals surface area contributed by atoms with Gasteiger partial charge in [0, 0.05) is 26.4 Å². The minimum absolute atomic E-state index is 0.0342. The van der Waals surface area contributed by atoms with Gasteiger partial charge in [-0.2, -0.15) is 5.10 Å². The van der Waals surface area contributed by atoms with Gasteiger partial charge in [-0.3, -0.25) is 23.5 Å². The molecule has 2 rings (SSSR count). The van der Waals surface area contributed by atoms with Crippen LogP contribution in [0, 0.1) is 5.92 Å². The predicted molar refractivity (Wildman–Crippen MR) is 95.3 cm³/mol. The lowest BCUT2D eigenvalue weighted by Crippen LogP contribution is -2.43. The van der Waals surface area contributed by atoms with Crippen molar-refractivity contribution in [1.82, 2.24) is 14.6 Å². The van der Waals surface area contributed by atoms with E-state index in [1.54, 1.807) is 0 Å². The zero-order valence-corrected chi connectivity index (χ0v) is 15.3. The molecule has 1 aliphatic rings. The van der Waals surface area contributed by atoms with E-state index in [2.05, 4.69) is 10.5 Å². The number of aromatic nitrogens is 2. The molecule has 0 unspecified atom stereocenters. The number of ether oxygens (including phenoxy) is 1. The van der Waals surface area contributed by atoms with Crippen LogP contribution < -0.4 is 22.4 Å². The largest absolute Gasteiger partial charge is 0.453 e. The number of esters is 1. The monoisotopic (exact) mass is 379 g/mol. The van der Waals surface area contributed by atoms with Crippen LogP contribution in [0.1, 0.15) is 37.0 Å². The Hall–Kier alpha value is -3.24. The van der Waals surface area contributed by atoms with Gasteiger partial charge in [0.25, 0.3) is 5.56 Å². The maximum atomic E-state index is 12.4. The van der Waals surface area contributed by atoms with Gasteiger partial charge in [-0.15, -0.1) is 0 Å². The smallest absolute Gasteiger partial charge is 0.354 e. The van der Waals surface area contributed by atoms with E-state index in [0.29, 0.717) is 0 Å². The molecule has 11 nitrogen and oxygen atoms in total. The Bertz CT molecular complexity index is 940. The third-order valence-electron chi connectivity index (χ3n) is 3.88. The Kier molecular flexibility index (Phi) is 5.93. The SMILES string of the molecule is CC(C)Cn1c(N)c(C(=O)COC(=O)C2=NNC(=O)CC2)c(=O)n(C)c1=O. The molecule has 11 heteroatoms. The van der Waals surface area contributed by atoms with E-state index < -0.39 is 35.2 Å². The molecule has 3 N–H and O–H groups in total. The van der Waals surface area contributed by atoms with Crippen LogP contribution in [0.25, 0.3) is 0 Å². The number of nitrogens with one attached hydrogen (secondary N) is 1. The molecular weight excluding hydrogens is 358 g/mol. The summed E-state index contributed by atoms with van der Waals surface area (Å²) in [5.41, 5.74) is 6.09. The van der Waals surface area contributed by atoms with E-state index in [-0.39, 0.29) is 42.7 Å². The van der Waals surface area contributed by atoms with E-state index in [1.165, 1.54) is 7.05 Å². The molecule has 0 atom stereocenters. The van der Waals surface area contributed by atoms with Crippen molar-refractivity contribution in [3.8, 4) is 0 Å². The third-order valence-corrected chi connectivity index (χ3v) is 3.88. The number of rotatable bonds is 6. The number of nitrogens with two attached hydrogens (primary N) is 1. The second-order valence-corrected chi connectivity index (χ2v) is 6.50. The number of carbonyl (C=O) groups excluding carboxylic acids is 3. The first kappa shape index (κ1) is 20.1. The zero-order valence-electron chi connectivity index (χ0n) is 15.3. The van der Waals surface area contributed by atoms with Crippen LogP contribution in [-0.4, -0.2) is 39.1 Å². The van der Waals surface area contributed by atoms with Crippen LogP contribution in [-0.2, 0) is 27.9 Å². The standard InChI is InChI=1S/C16H21N5O6/c1-8(2)6-21-13(17)12(14(24)20(3)16(21)26)10(22)7-27-15(25)9-4-5-11(23)19-18-9/h8H,4-7,17H2,1-3H3,(H,19,23). The molecule has 1 aliphatic heterocycles. The Balaban J connectivity index is 2.24. The number of nitrogens with zero attached hydrogens (tertiary/aromatic N) is 3. The summed E-state index contributed by atoms with van der Waals surface area (Å²) in [7, 11) is 1.24. The summed E-state index contributed by atoms with van der Waals surface area (Å²) in [5, 5.41) is 3.56. The number of carbonyl (C=O) groups is 3. The van der Waals surface area contributed by atoms with Crippen molar-refractivity contribution in [1.29, 1.82) is 0 Å². The molecule has 0 bridgehead atoms. The van der Waals surface area contributed by atoms with Crippen molar-refractivity contribution in [2.45, 2.75) is 33.2 Å². The lowest BCUT2D eigenvalue weighted by Gasteiger charge is -2.16. The molecule has 1 amide bonds. The highest BCUT2D eigenvalue weighted by Crippen LogP contribution is 2.09. The Morgan fingerprint density at radius 3 is 2.48 bits per heavy atom. The number of hydrogen-bond donors (Lipinski definition) is 2. The summed E-state index contributed by atoms with van der Waals surface area (Å²) in [5.74, 6) is -2.26. The fourth-order valence-electron chi connectivity index (χ4n) is 2.49. The van der Waals surface area contributed by atoms with E-state index in [4.69, 9.17) is 10.5 Å². The Morgan fingerprint density at radius 2 is 1.93 bits per heavy atom. The summed E-state index contributed by atoms with van der Waals surface area (Å²) >= 11 is 0. The summed E-state index contributed by atoms with van der Waals surface area (Å²) in [4.78, 5) is 59.9. The van der Waals surface area contributed by atoms with E-state index >= 15 is 0 Å². The van der Waals surface area contributed by atoms with Crippen molar-refractivity contribution >= 4 is 29.2 Å². The van der Waals surface area contributed by atoms with Crippen LogP contribution >= 0.6 is 0 Å². The predicted octanol–water partition coefficient (Wildman–Crippen LogP) is -1.22. The van der Waals surface area contributed by atoms with Crippen molar-refractivity contribution < 1.29 is 19.1 Å². The number of nitrogen functional groups attached to an aromatic ring is 1. The molecule has 1 aromatic rings. The Labute approximate surface area is 153 Å². The van der Waals surface area contributed by atoms with Crippen LogP contribution in [0.3, 0.4) is 0 Å². The summed E-state index contributed by atoms with van der Waals surface area (Å²) in [6.07, 6.45) is 0.164. The molecule has 0 saturated heterocycles. The normalized spacial score (nSPS) is 13.9. The fourth-order valence-corrected chi connectivity index (χ4v) is 2.49. The minimum Gasteiger partial charge on any atom is -0.453 e. The van der Waals surface area contributed by atoms with Crippen LogP contribution in [0.4, 0.5) is 5.82 Å². The summed E-state index contributed by atoms with van der Waals surface area (Å²) in [6, 6.07) is 0. The molecule has 0 saturated carbocycles. The molecule has 2 heterocycles. The van der Waals surface area contributed by atoms with Crippen molar-refractivity contribution in [3.63, 3.8) is 0 Å². The van der Waals surface area contributed by atoms with Gasteiger partial charge in [-0.25, -0.2) is 15.0 Å². The van der Waals surface area contributed by atoms with Crippen LogP contribution in [0.5, 0.6) is 0 Å². The number of ketones is 1. The molecular formula is C16H21N5O6. The average Bonchev–Trinajstić information content (AvgIpc) is 2.62. The molecule has 0 radical (unpaired) electrons. The zero-order chi connectivity index (χ0) is 20.3. The maximum absolute atomic E-state index is 12.4. The first-order chi connectivity index (χ1) is 12.6. The van der Waals surface area contributed by atoms with Crippen molar-refractivity contribution in [2.75, 3.05) is 12.3 Å². The topological polar surface area (TPSA) is 155 Å². The van der Waals surface area contributed by atoms with Gasteiger partial charge in [0.05, 0.1) is 0 Å². The number of hydrogen-bond acceptors (Lipinski definition) is 8. The fraction of sp³-hybridized carbons (Fsp3) is 0.500. The maximum Gasteiger partial charge on any atom is 0.354 e. The summed E-state index contributed by atoms with van der Waals surface area (Å²) in [6.45, 7) is 3.17. The van der Waals surface area contributed by atoms with Crippen molar-refractivity contribution in [2.24, 2.45) is 18.1 Å². The average molecular weight is 379 g/mol. The number of hydrazone groups is 1. The molecule has 0 aliphatic carbocycles. The lowest BCUT2D eigenvalue weighted by atomic mass is 10.1. The summed E-state index contributed by atoms with van der Waals surface area (Å²) < 4.78 is 6.80. The Morgan fingerprint density at radius 1 is 1.26 bits per heavy atom. The van der Waals surface area contributed by atoms with Crippen LogP contribution in [0.15, 0.2) is 14.7 Å². The quantitative estimate of drug-likeness (QED) is 0.463. The van der Waals surface area contributed by atoms with Gasteiger partial charge in [-0.1, -0.05) is 13.8 Å².